The predicted molar refractivity (Wildman–Crippen MR) is 138 cm³/mol. The molecule has 21 heteroatoms. The number of nitrogens with zero attached hydrogens (tertiary/aromatic N) is 3. The van der Waals surface area contributed by atoms with Gasteiger partial charge in [-0.3, -0.25) is 9.88 Å². The standard InChI is InChI=1S/C19H25N3O2S.3C2HF3O2/c1-4-17(13-23-14-18-21-7-10-25-18)19(5-1)15-22(8-9-24-19)12-16-3-2-6-20-11-16;3*3-2(4,5)1(6)7/h2-3,6-7,10-11,17H,1,4-5,8-9,12-15H2;3*(H,6,7)/t17-,19+;;;/m1.../s1. The Bertz CT molecular complexity index is 1160. The Balaban J connectivity index is 0.000000413. The van der Waals surface area contributed by atoms with Gasteiger partial charge < -0.3 is 24.8 Å². The summed E-state index contributed by atoms with van der Waals surface area (Å²) >= 11 is 1.65. The average Bonchev–Trinajstić information content (AvgIpc) is 3.59. The molecule has 260 valence electrons. The zero-order valence-electron chi connectivity index (χ0n) is 23.4. The highest BCUT2D eigenvalue weighted by Crippen LogP contribution is 2.41. The van der Waals surface area contributed by atoms with Crippen molar-refractivity contribution in [2.75, 3.05) is 26.3 Å². The van der Waals surface area contributed by atoms with E-state index in [1.807, 2.05) is 30.0 Å². The molecule has 1 aliphatic carbocycles. The van der Waals surface area contributed by atoms with Gasteiger partial charge in [0.25, 0.3) is 0 Å². The summed E-state index contributed by atoms with van der Waals surface area (Å²) in [6.45, 7) is 5.12. The van der Waals surface area contributed by atoms with Gasteiger partial charge in [0.05, 0.1) is 25.4 Å². The molecule has 3 N–H and O–H groups in total. The molecule has 46 heavy (non-hydrogen) atoms. The molecule has 2 atom stereocenters. The Morgan fingerprint density at radius 1 is 0.978 bits per heavy atom. The van der Waals surface area contributed by atoms with Crippen LogP contribution < -0.4 is 0 Å². The number of carbonyl (C=O) groups is 3. The molecule has 4 rings (SSSR count). The molecular weight excluding hydrogens is 673 g/mol. The lowest BCUT2D eigenvalue weighted by Gasteiger charge is -2.44. The first-order valence-corrected chi connectivity index (χ1v) is 13.7. The molecule has 1 aliphatic heterocycles. The first kappa shape index (κ1) is 40.5. The van der Waals surface area contributed by atoms with E-state index >= 15 is 0 Å². The van der Waals surface area contributed by atoms with Crippen LogP contribution >= 0.6 is 11.3 Å². The van der Waals surface area contributed by atoms with Gasteiger partial charge in [-0.1, -0.05) is 12.5 Å². The predicted octanol–water partition coefficient (Wildman–Crippen LogP) is 5.03. The van der Waals surface area contributed by atoms with Crippen LogP contribution in [0.1, 0.15) is 29.8 Å². The van der Waals surface area contributed by atoms with E-state index in [2.05, 4.69) is 20.9 Å². The van der Waals surface area contributed by atoms with E-state index in [0.717, 1.165) is 44.3 Å². The lowest BCUT2D eigenvalue weighted by Crippen LogP contribution is -2.54. The molecular formula is C25H28F9N3O8S. The van der Waals surface area contributed by atoms with E-state index in [-0.39, 0.29) is 5.60 Å². The smallest absolute Gasteiger partial charge is 0.475 e. The molecule has 3 heterocycles. The molecule has 11 nitrogen and oxygen atoms in total. The topological polar surface area (TPSA) is 159 Å². The Hall–Kier alpha value is -3.56. The van der Waals surface area contributed by atoms with Gasteiger partial charge in [0.2, 0.25) is 0 Å². The first-order valence-electron chi connectivity index (χ1n) is 12.8. The molecule has 0 bridgehead atoms. The molecule has 1 saturated heterocycles. The van der Waals surface area contributed by atoms with E-state index in [9.17, 15) is 39.5 Å². The van der Waals surface area contributed by atoms with E-state index < -0.39 is 36.4 Å². The molecule has 2 aromatic rings. The number of aliphatic carboxylic acids is 3. The van der Waals surface area contributed by atoms with Crippen molar-refractivity contribution >= 4 is 29.2 Å². The van der Waals surface area contributed by atoms with E-state index in [1.54, 1.807) is 11.3 Å². The molecule has 2 aromatic heterocycles. The van der Waals surface area contributed by atoms with Crippen molar-refractivity contribution in [2.24, 2.45) is 5.92 Å². The summed E-state index contributed by atoms with van der Waals surface area (Å²) in [7, 11) is 0. The number of aromatic nitrogens is 2. The van der Waals surface area contributed by atoms with Crippen LogP contribution in [0.3, 0.4) is 0 Å². The molecule has 0 aromatic carbocycles. The fraction of sp³-hybridized carbons (Fsp3) is 0.560. The third-order valence-electron chi connectivity index (χ3n) is 6.07. The van der Waals surface area contributed by atoms with Crippen molar-refractivity contribution in [3.63, 3.8) is 0 Å². The largest absolute Gasteiger partial charge is 0.490 e. The Morgan fingerprint density at radius 2 is 1.54 bits per heavy atom. The second-order valence-corrected chi connectivity index (χ2v) is 10.4. The number of halogens is 9. The number of alkyl halides is 9. The monoisotopic (exact) mass is 701 g/mol. The molecule has 2 aliphatic rings. The number of morpholine rings is 1. The van der Waals surface area contributed by atoms with Gasteiger partial charge in [0, 0.05) is 49.5 Å². The lowest BCUT2D eigenvalue weighted by molar-refractivity contribution is -0.193. The van der Waals surface area contributed by atoms with Crippen LogP contribution in [0, 0.1) is 5.92 Å². The summed E-state index contributed by atoms with van der Waals surface area (Å²) in [4.78, 5) is 37.7. The normalized spacial score (nSPS) is 19.9. The maximum atomic E-state index is 10.6. The summed E-state index contributed by atoms with van der Waals surface area (Å²) < 4.78 is 108. The van der Waals surface area contributed by atoms with Gasteiger partial charge in [-0.25, -0.2) is 19.4 Å². The van der Waals surface area contributed by atoms with Gasteiger partial charge in [0.1, 0.15) is 5.01 Å². The highest BCUT2D eigenvalue weighted by Gasteiger charge is 2.47. The number of ether oxygens (including phenoxy) is 2. The highest BCUT2D eigenvalue weighted by molar-refractivity contribution is 7.09. The van der Waals surface area contributed by atoms with Crippen molar-refractivity contribution < 1.29 is 78.7 Å². The summed E-state index contributed by atoms with van der Waals surface area (Å²) in [6, 6.07) is 4.16. The van der Waals surface area contributed by atoms with Crippen molar-refractivity contribution in [3.05, 3.63) is 46.7 Å². The van der Waals surface area contributed by atoms with Gasteiger partial charge in [-0.15, -0.1) is 11.3 Å². The third-order valence-corrected chi connectivity index (χ3v) is 6.82. The minimum atomic E-state index is -5.08. The number of thiazole rings is 1. The molecule has 1 saturated carbocycles. The number of hydrogen-bond acceptors (Lipinski definition) is 9. The van der Waals surface area contributed by atoms with Crippen molar-refractivity contribution in [1.82, 2.24) is 14.9 Å². The fourth-order valence-corrected chi connectivity index (χ4v) is 4.68. The summed E-state index contributed by atoms with van der Waals surface area (Å²) in [6.07, 6.45) is -6.06. The highest BCUT2D eigenvalue weighted by atomic mass is 32.1. The van der Waals surface area contributed by atoms with E-state index in [4.69, 9.17) is 39.2 Å². The SMILES string of the molecule is O=C(O)C(F)(F)F.O=C(O)C(F)(F)F.O=C(O)C(F)(F)F.c1cncc(CN2CCO[C@@]3(CCC[C@@H]3COCc3nccs3)C2)c1. The van der Waals surface area contributed by atoms with E-state index in [0.29, 0.717) is 12.5 Å². The maximum Gasteiger partial charge on any atom is 0.490 e. The van der Waals surface area contributed by atoms with Gasteiger partial charge in [-0.05, 0) is 24.5 Å². The van der Waals surface area contributed by atoms with E-state index in [1.165, 1.54) is 18.4 Å². The zero-order valence-corrected chi connectivity index (χ0v) is 24.3. The second-order valence-electron chi connectivity index (χ2n) is 9.42. The fourth-order valence-electron chi connectivity index (χ4n) is 4.13. The van der Waals surface area contributed by atoms with Crippen LogP contribution in [0.4, 0.5) is 39.5 Å². The Kier molecular flexibility index (Phi) is 15.8. The van der Waals surface area contributed by atoms with Crippen molar-refractivity contribution in [2.45, 2.75) is 56.5 Å². The lowest BCUT2D eigenvalue weighted by atomic mass is 9.89. The molecule has 2 fully saturated rings. The van der Waals surface area contributed by atoms with Crippen molar-refractivity contribution in [3.8, 4) is 0 Å². The van der Waals surface area contributed by atoms with Gasteiger partial charge in [-0.2, -0.15) is 39.5 Å². The van der Waals surface area contributed by atoms with Crippen LogP contribution in [0.2, 0.25) is 0 Å². The van der Waals surface area contributed by atoms with Crippen LogP contribution in [-0.2, 0) is 37.0 Å². The minimum Gasteiger partial charge on any atom is -0.475 e. The Labute approximate surface area is 258 Å². The summed E-state index contributed by atoms with van der Waals surface area (Å²) in [5, 5.41) is 24.4. The number of hydrogen-bond donors (Lipinski definition) is 3. The quantitative estimate of drug-likeness (QED) is 0.347. The number of rotatable bonds is 6. The van der Waals surface area contributed by atoms with Gasteiger partial charge >= 0.3 is 36.4 Å². The van der Waals surface area contributed by atoms with Crippen molar-refractivity contribution in [1.29, 1.82) is 0 Å². The molecule has 0 radical (unpaired) electrons. The zero-order chi connectivity index (χ0) is 35.2. The third kappa shape index (κ3) is 15.1. The first-order chi connectivity index (χ1) is 21.2. The minimum absolute atomic E-state index is 0.0384. The maximum absolute atomic E-state index is 10.6. The second kappa shape index (κ2) is 18.0. The van der Waals surface area contributed by atoms with Crippen LogP contribution in [-0.4, -0.2) is 98.5 Å². The number of carboxylic acids is 3. The summed E-state index contributed by atoms with van der Waals surface area (Å²) in [5.74, 6) is -7.79. The van der Waals surface area contributed by atoms with Crippen LogP contribution in [0.5, 0.6) is 0 Å². The molecule has 0 unspecified atom stereocenters. The Morgan fingerprint density at radius 3 is 2.00 bits per heavy atom. The average molecular weight is 702 g/mol. The van der Waals surface area contributed by atoms with Crippen LogP contribution in [0.25, 0.3) is 0 Å². The van der Waals surface area contributed by atoms with Crippen LogP contribution in [0.15, 0.2) is 36.1 Å². The number of carboxylic acid groups (broad SMARTS) is 3. The molecule has 0 amide bonds. The summed E-state index contributed by atoms with van der Waals surface area (Å²) in [5.41, 5.74) is 1.23. The van der Waals surface area contributed by atoms with Gasteiger partial charge in [0.15, 0.2) is 0 Å². The number of pyridine rings is 1. The molecule has 1 spiro atoms.